The fraction of sp³-hybridized carbons (Fsp3) is 0. The van der Waals surface area contributed by atoms with Gasteiger partial charge in [0, 0.05) is 17.8 Å². The van der Waals surface area contributed by atoms with Crippen LogP contribution in [0.4, 0.5) is 5.69 Å². The predicted octanol–water partition coefficient (Wildman–Crippen LogP) is 2.32. The first-order valence-corrected chi connectivity index (χ1v) is 9.18. The molecule has 0 aliphatic rings. The van der Waals surface area contributed by atoms with Gasteiger partial charge in [-0.05, 0) is 36.4 Å². The van der Waals surface area contributed by atoms with Crippen LogP contribution in [-0.2, 0) is 10.0 Å². The third-order valence-corrected chi connectivity index (χ3v) is 4.63. The molecule has 0 heterocycles. The number of nitro groups is 1. The fourth-order valence-corrected chi connectivity index (χ4v) is 3.08. The first kappa shape index (κ1) is 20.2. The minimum absolute atomic E-state index is 0.0109. The van der Waals surface area contributed by atoms with Gasteiger partial charge in [0.1, 0.15) is 4.90 Å². The van der Waals surface area contributed by atoms with E-state index in [1.165, 1.54) is 36.6 Å². The van der Waals surface area contributed by atoms with Crippen molar-refractivity contribution in [1.29, 1.82) is 0 Å². The number of rotatable bonds is 6. The lowest BCUT2D eigenvalue weighted by Crippen LogP contribution is -2.19. The molecule has 0 bridgehead atoms. The monoisotopic (exact) mass is 408 g/mol. The Kier molecular flexibility index (Phi) is 6.40. The molecule has 0 fully saturated rings. The van der Waals surface area contributed by atoms with Crippen molar-refractivity contribution in [3.05, 3.63) is 74.8 Å². The van der Waals surface area contributed by atoms with Crippen LogP contribution >= 0.6 is 11.6 Å². The molecule has 9 nitrogen and oxygen atoms in total. The molecule has 2 rings (SSSR count). The van der Waals surface area contributed by atoms with E-state index in [4.69, 9.17) is 16.7 Å². The molecule has 0 aliphatic heterocycles. The lowest BCUT2D eigenvalue weighted by atomic mass is 10.2. The zero-order valence-corrected chi connectivity index (χ0v) is 15.1. The van der Waals surface area contributed by atoms with Gasteiger partial charge in [-0.2, -0.15) is 5.10 Å². The maximum Gasteiger partial charge on any atom is 0.276 e. The zero-order chi connectivity index (χ0) is 20.0. The smallest absolute Gasteiger partial charge is 0.267 e. The molecule has 1 amide bonds. The van der Waals surface area contributed by atoms with Crippen LogP contribution in [0.25, 0.3) is 6.08 Å². The van der Waals surface area contributed by atoms with Gasteiger partial charge in [0.25, 0.3) is 11.6 Å². The van der Waals surface area contributed by atoms with Crippen molar-refractivity contribution in [2.75, 3.05) is 0 Å². The number of hydrogen-bond acceptors (Lipinski definition) is 6. The van der Waals surface area contributed by atoms with E-state index in [1.807, 2.05) is 0 Å². The molecule has 0 atom stereocenters. The van der Waals surface area contributed by atoms with Crippen LogP contribution in [0.1, 0.15) is 15.9 Å². The quantitative estimate of drug-likeness (QED) is 0.428. The number of primary sulfonamides is 1. The SMILES string of the molecule is NS(=O)(=O)c1cc(C(=O)N/N=C\C=C\c2ccccc2[N+](=O)[O-])ccc1Cl. The number of amides is 1. The number of nitrogens with zero attached hydrogens (tertiary/aromatic N) is 2. The molecule has 0 radical (unpaired) electrons. The number of sulfonamides is 1. The Morgan fingerprint density at radius 3 is 2.63 bits per heavy atom. The van der Waals surface area contributed by atoms with Crippen molar-refractivity contribution in [3.63, 3.8) is 0 Å². The molecule has 2 aromatic carbocycles. The van der Waals surface area contributed by atoms with Gasteiger partial charge in [0.05, 0.1) is 15.5 Å². The van der Waals surface area contributed by atoms with E-state index in [9.17, 15) is 23.3 Å². The number of nitro benzene ring substituents is 1. The molecule has 27 heavy (non-hydrogen) atoms. The minimum Gasteiger partial charge on any atom is -0.267 e. The molecular formula is C16H13ClN4O5S. The number of hydrazone groups is 1. The lowest BCUT2D eigenvalue weighted by Gasteiger charge is -2.04. The third-order valence-electron chi connectivity index (χ3n) is 3.24. The van der Waals surface area contributed by atoms with Crippen LogP contribution in [-0.4, -0.2) is 25.5 Å². The number of para-hydroxylation sites is 1. The van der Waals surface area contributed by atoms with E-state index >= 15 is 0 Å². The van der Waals surface area contributed by atoms with E-state index in [2.05, 4.69) is 10.5 Å². The van der Waals surface area contributed by atoms with Gasteiger partial charge in [-0.3, -0.25) is 14.9 Å². The number of halogens is 1. The minimum atomic E-state index is -4.08. The van der Waals surface area contributed by atoms with Crippen LogP contribution in [0, 0.1) is 10.1 Å². The van der Waals surface area contributed by atoms with Gasteiger partial charge < -0.3 is 0 Å². The molecule has 0 saturated carbocycles. The fourth-order valence-electron chi connectivity index (χ4n) is 2.01. The van der Waals surface area contributed by atoms with Crippen LogP contribution < -0.4 is 10.6 Å². The molecule has 2 aromatic rings. The van der Waals surface area contributed by atoms with Gasteiger partial charge in [-0.25, -0.2) is 19.0 Å². The Balaban J connectivity index is 2.07. The Hall–Kier alpha value is -3.08. The maximum absolute atomic E-state index is 12.0. The molecular weight excluding hydrogens is 396 g/mol. The maximum atomic E-state index is 12.0. The second-order valence-corrected chi connectivity index (χ2v) is 7.02. The Bertz CT molecular complexity index is 1050. The summed E-state index contributed by atoms with van der Waals surface area (Å²) in [6.07, 6.45) is 4.07. The molecule has 3 N–H and O–H groups in total. The lowest BCUT2D eigenvalue weighted by molar-refractivity contribution is -0.385. The van der Waals surface area contributed by atoms with Crippen molar-refractivity contribution >= 4 is 45.5 Å². The summed E-state index contributed by atoms with van der Waals surface area (Å²) in [6, 6.07) is 9.69. The average Bonchev–Trinajstić information content (AvgIpc) is 2.60. The van der Waals surface area contributed by atoms with Crippen LogP contribution in [0.3, 0.4) is 0 Å². The van der Waals surface area contributed by atoms with Gasteiger partial charge >= 0.3 is 0 Å². The van der Waals surface area contributed by atoms with E-state index < -0.39 is 20.9 Å². The number of hydrogen-bond donors (Lipinski definition) is 2. The summed E-state index contributed by atoms with van der Waals surface area (Å²) >= 11 is 5.75. The topological polar surface area (TPSA) is 145 Å². The summed E-state index contributed by atoms with van der Waals surface area (Å²) in [7, 11) is -4.08. The average molecular weight is 409 g/mol. The number of carbonyl (C=O) groups is 1. The summed E-state index contributed by atoms with van der Waals surface area (Å²) in [4.78, 5) is 22.0. The summed E-state index contributed by atoms with van der Waals surface area (Å²) in [6.45, 7) is 0. The highest BCUT2D eigenvalue weighted by atomic mass is 35.5. The number of nitrogens with one attached hydrogen (secondary N) is 1. The van der Waals surface area contributed by atoms with Crippen molar-refractivity contribution in [2.24, 2.45) is 10.2 Å². The van der Waals surface area contributed by atoms with Crippen molar-refractivity contribution in [1.82, 2.24) is 5.43 Å². The summed E-state index contributed by atoms with van der Waals surface area (Å²) in [5.41, 5.74) is 2.48. The first-order chi connectivity index (χ1) is 12.7. The summed E-state index contributed by atoms with van der Waals surface area (Å²) in [5.74, 6) is -0.688. The normalized spacial score (nSPS) is 11.8. The van der Waals surface area contributed by atoms with Crippen LogP contribution in [0.15, 0.2) is 58.5 Å². The summed E-state index contributed by atoms with van der Waals surface area (Å²) < 4.78 is 22.8. The molecule has 0 aliphatic carbocycles. The standard InChI is InChI=1S/C16H13ClN4O5S/c17-13-8-7-12(10-15(13)27(18,25)26)16(22)20-19-9-3-5-11-4-1-2-6-14(11)21(23)24/h1-10H,(H,20,22)(H2,18,25,26)/b5-3+,19-9-. The Morgan fingerprint density at radius 1 is 1.26 bits per heavy atom. The number of allylic oxidation sites excluding steroid dienone is 1. The first-order valence-electron chi connectivity index (χ1n) is 7.26. The summed E-state index contributed by atoms with van der Waals surface area (Å²) in [5, 5.41) is 19.5. The highest BCUT2D eigenvalue weighted by Crippen LogP contribution is 2.21. The molecule has 0 aromatic heterocycles. The van der Waals surface area contributed by atoms with E-state index in [-0.39, 0.29) is 21.2 Å². The Labute approximate surface area is 159 Å². The number of carbonyl (C=O) groups excluding carboxylic acids is 1. The number of benzene rings is 2. The van der Waals surface area contributed by atoms with Gasteiger partial charge in [-0.15, -0.1) is 0 Å². The van der Waals surface area contributed by atoms with E-state index in [0.29, 0.717) is 5.56 Å². The van der Waals surface area contributed by atoms with Gasteiger partial charge in [-0.1, -0.05) is 23.7 Å². The van der Waals surface area contributed by atoms with Crippen molar-refractivity contribution in [2.45, 2.75) is 4.90 Å². The zero-order valence-electron chi connectivity index (χ0n) is 13.6. The van der Waals surface area contributed by atoms with Crippen molar-refractivity contribution in [3.8, 4) is 0 Å². The number of nitrogens with two attached hydrogens (primary N) is 1. The van der Waals surface area contributed by atoms with Gasteiger partial charge in [0.15, 0.2) is 0 Å². The molecule has 140 valence electrons. The van der Waals surface area contributed by atoms with Crippen LogP contribution in [0.2, 0.25) is 5.02 Å². The predicted molar refractivity (Wildman–Crippen MR) is 101 cm³/mol. The molecule has 11 heteroatoms. The molecule has 0 saturated heterocycles. The second kappa shape index (κ2) is 8.54. The third kappa shape index (κ3) is 5.45. The van der Waals surface area contributed by atoms with E-state index in [1.54, 1.807) is 18.2 Å². The Morgan fingerprint density at radius 2 is 1.96 bits per heavy atom. The van der Waals surface area contributed by atoms with Crippen LogP contribution in [0.5, 0.6) is 0 Å². The molecule has 0 unspecified atom stereocenters. The van der Waals surface area contributed by atoms with Gasteiger partial charge in [0.2, 0.25) is 10.0 Å². The van der Waals surface area contributed by atoms with Crippen molar-refractivity contribution < 1.29 is 18.1 Å². The largest absolute Gasteiger partial charge is 0.276 e. The molecule has 0 spiro atoms. The second-order valence-electron chi connectivity index (χ2n) is 5.08. The highest BCUT2D eigenvalue weighted by molar-refractivity contribution is 7.89. The van der Waals surface area contributed by atoms with E-state index in [0.717, 1.165) is 6.07 Å². The highest BCUT2D eigenvalue weighted by Gasteiger charge is 2.16.